The lowest BCUT2D eigenvalue weighted by molar-refractivity contribution is -0.132. The highest BCUT2D eigenvalue weighted by atomic mass is 16.5. The SMILES string of the molecule is COC(=O)N(C)CCCC(=O)N(C)C(C)c1ccc(-n2cnc3ccccc32)cc1. The summed E-state index contributed by atoms with van der Waals surface area (Å²) >= 11 is 0. The second-order valence-electron chi connectivity index (χ2n) is 7.37. The molecule has 0 saturated carbocycles. The van der Waals surface area contributed by atoms with Crippen molar-refractivity contribution in [2.75, 3.05) is 27.7 Å². The van der Waals surface area contributed by atoms with Gasteiger partial charge in [0.2, 0.25) is 5.91 Å². The zero-order chi connectivity index (χ0) is 21.7. The van der Waals surface area contributed by atoms with E-state index in [1.807, 2.05) is 68.8 Å². The van der Waals surface area contributed by atoms with Crippen LogP contribution in [0.1, 0.15) is 31.4 Å². The molecule has 3 rings (SSSR count). The van der Waals surface area contributed by atoms with Crippen LogP contribution in [0.15, 0.2) is 54.9 Å². The lowest BCUT2D eigenvalue weighted by Gasteiger charge is -2.26. The number of para-hydroxylation sites is 2. The first kappa shape index (κ1) is 21.4. The van der Waals surface area contributed by atoms with E-state index in [2.05, 4.69) is 14.3 Å². The highest BCUT2D eigenvalue weighted by molar-refractivity contribution is 5.77. The Morgan fingerprint density at radius 1 is 1.10 bits per heavy atom. The molecule has 0 spiro atoms. The van der Waals surface area contributed by atoms with Crippen molar-refractivity contribution in [1.82, 2.24) is 19.4 Å². The molecule has 1 aromatic heterocycles. The van der Waals surface area contributed by atoms with Crippen molar-refractivity contribution < 1.29 is 14.3 Å². The summed E-state index contributed by atoms with van der Waals surface area (Å²) in [7, 11) is 4.82. The van der Waals surface area contributed by atoms with Gasteiger partial charge in [0.25, 0.3) is 0 Å². The van der Waals surface area contributed by atoms with Gasteiger partial charge in [-0.3, -0.25) is 9.36 Å². The molecule has 0 aliphatic heterocycles. The van der Waals surface area contributed by atoms with Gasteiger partial charge in [-0.15, -0.1) is 0 Å². The molecule has 0 bridgehead atoms. The van der Waals surface area contributed by atoms with Crippen molar-refractivity contribution >= 4 is 23.0 Å². The summed E-state index contributed by atoms with van der Waals surface area (Å²) in [5.74, 6) is 0.0467. The van der Waals surface area contributed by atoms with Crippen LogP contribution in [0.3, 0.4) is 0 Å². The molecule has 0 aliphatic carbocycles. The average Bonchev–Trinajstić information content (AvgIpc) is 3.21. The maximum Gasteiger partial charge on any atom is 0.409 e. The number of carbonyl (C=O) groups excluding carboxylic acids is 2. The summed E-state index contributed by atoms with van der Waals surface area (Å²) in [6.45, 7) is 2.49. The molecule has 0 fully saturated rings. The molecule has 3 aromatic rings. The Hall–Kier alpha value is -3.35. The fourth-order valence-electron chi connectivity index (χ4n) is 3.41. The fourth-order valence-corrected chi connectivity index (χ4v) is 3.41. The van der Waals surface area contributed by atoms with E-state index < -0.39 is 6.09 Å². The molecular weight excluding hydrogens is 380 g/mol. The fraction of sp³-hybridized carbons (Fsp3) is 0.348. The number of benzene rings is 2. The third kappa shape index (κ3) is 4.62. The number of ether oxygens (including phenoxy) is 1. The second kappa shape index (κ2) is 9.43. The first-order chi connectivity index (χ1) is 14.4. The number of hydrogen-bond donors (Lipinski definition) is 0. The standard InChI is InChI=1S/C23H28N4O3/c1-17(26(3)22(28)10-7-15-25(2)23(29)30-4)18-11-13-19(14-12-18)27-16-24-20-8-5-6-9-21(20)27/h5-6,8-9,11-14,16-17H,7,10,15H2,1-4H3. The van der Waals surface area contributed by atoms with Crippen LogP contribution < -0.4 is 0 Å². The molecule has 7 heteroatoms. The number of methoxy groups -OCH3 is 1. The number of aromatic nitrogens is 2. The van der Waals surface area contributed by atoms with Crippen LogP contribution in [0.25, 0.3) is 16.7 Å². The van der Waals surface area contributed by atoms with E-state index in [0.717, 1.165) is 22.3 Å². The Balaban J connectivity index is 1.61. The number of hydrogen-bond acceptors (Lipinski definition) is 4. The maximum absolute atomic E-state index is 12.6. The van der Waals surface area contributed by atoms with Gasteiger partial charge >= 0.3 is 6.09 Å². The monoisotopic (exact) mass is 408 g/mol. The summed E-state index contributed by atoms with van der Waals surface area (Å²) in [5, 5.41) is 0. The molecule has 7 nitrogen and oxygen atoms in total. The minimum absolute atomic E-state index is 0.0467. The Kier molecular flexibility index (Phi) is 6.72. The molecule has 0 saturated heterocycles. The third-order valence-electron chi connectivity index (χ3n) is 5.45. The van der Waals surface area contributed by atoms with Crippen LogP contribution in [0.2, 0.25) is 0 Å². The maximum atomic E-state index is 12.6. The smallest absolute Gasteiger partial charge is 0.409 e. The molecule has 1 atom stereocenters. The number of imidazole rings is 1. The molecule has 0 aliphatic rings. The van der Waals surface area contributed by atoms with Gasteiger partial charge in [0.05, 0.1) is 24.2 Å². The van der Waals surface area contributed by atoms with Crippen LogP contribution in [0.5, 0.6) is 0 Å². The van der Waals surface area contributed by atoms with Crippen molar-refractivity contribution in [3.05, 3.63) is 60.4 Å². The Bertz CT molecular complexity index is 1010. The molecule has 158 valence electrons. The van der Waals surface area contributed by atoms with Crippen molar-refractivity contribution in [1.29, 1.82) is 0 Å². The number of fused-ring (bicyclic) bond motifs is 1. The van der Waals surface area contributed by atoms with Crippen molar-refractivity contribution in [2.45, 2.75) is 25.8 Å². The number of nitrogens with zero attached hydrogens (tertiary/aromatic N) is 4. The normalized spacial score (nSPS) is 11.9. The molecule has 2 amide bonds. The lowest BCUT2D eigenvalue weighted by Crippen LogP contribution is -2.31. The van der Waals surface area contributed by atoms with Gasteiger partial charge in [-0.05, 0) is 43.2 Å². The molecule has 30 heavy (non-hydrogen) atoms. The third-order valence-corrected chi connectivity index (χ3v) is 5.45. The first-order valence-corrected chi connectivity index (χ1v) is 9.99. The summed E-state index contributed by atoms with van der Waals surface area (Å²) in [6.07, 6.45) is 2.40. The minimum Gasteiger partial charge on any atom is -0.453 e. The Morgan fingerprint density at radius 3 is 2.50 bits per heavy atom. The van der Waals surface area contributed by atoms with E-state index in [1.54, 1.807) is 11.9 Å². The summed E-state index contributed by atoms with van der Waals surface area (Å²) in [6, 6.07) is 16.1. The first-order valence-electron chi connectivity index (χ1n) is 9.99. The van der Waals surface area contributed by atoms with Crippen molar-refractivity contribution in [3.63, 3.8) is 0 Å². The van der Waals surface area contributed by atoms with Gasteiger partial charge < -0.3 is 14.5 Å². The van der Waals surface area contributed by atoms with Crippen LogP contribution in [0.4, 0.5) is 4.79 Å². The van der Waals surface area contributed by atoms with Crippen LogP contribution in [-0.2, 0) is 9.53 Å². The van der Waals surface area contributed by atoms with Gasteiger partial charge in [0, 0.05) is 32.7 Å². The van der Waals surface area contributed by atoms with Crippen molar-refractivity contribution in [2.24, 2.45) is 0 Å². The number of amides is 2. The average molecular weight is 409 g/mol. The zero-order valence-corrected chi connectivity index (χ0v) is 17.9. The minimum atomic E-state index is -0.394. The predicted molar refractivity (Wildman–Crippen MR) is 117 cm³/mol. The molecular formula is C23H28N4O3. The summed E-state index contributed by atoms with van der Waals surface area (Å²) in [5.41, 5.74) is 4.10. The van der Waals surface area contributed by atoms with Crippen LogP contribution >= 0.6 is 0 Å². The number of carbonyl (C=O) groups is 2. The van der Waals surface area contributed by atoms with Gasteiger partial charge in [0.15, 0.2) is 0 Å². The number of rotatable bonds is 7. The van der Waals surface area contributed by atoms with Crippen LogP contribution in [0, 0.1) is 0 Å². The predicted octanol–water partition coefficient (Wildman–Crippen LogP) is 4.02. The van der Waals surface area contributed by atoms with Crippen molar-refractivity contribution in [3.8, 4) is 5.69 Å². The van der Waals surface area contributed by atoms with E-state index in [-0.39, 0.29) is 11.9 Å². The quantitative estimate of drug-likeness (QED) is 0.592. The molecule has 0 N–H and O–H groups in total. The Labute approximate surface area is 176 Å². The Morgan fingerprint density at radius 2 is 1.80 bits per heavy atom. The second-order valence-corrected chi connectivity index (χ2v) is 7.37. The van der Waals surface area contributed by atoms with E-state index in [4.69, 9.17) is 0 Å². The molecule has 0 radical (unpaired) electrons. The zero-order valence-electron chi connectivity index (χ0n) is 17.9. The summed E-state index contributed by atoms with van der Waals surface area (Å²) < 4.78 is 6.71. The molecule has 1 unspecified atom stereocenters. The van der Waals surface area contributed by atoms with E-state index in [9.17, 15) is 9.59 Å². The largest absolute Gasteiger partial charge is 0.453 e. The van der Waals surface area contributed by atoms with E-state index >= 15 is 0 Å². The van der Waals surface area contributed by atoms with Gasteiger partial charge in [-0.1, -0.05) is 24.3 Å². The van der Waals surface area contributed by atoms with E-state index in [1.165, 1.54) is 12.0 Å². The highest BCUT2D eigenvalue weighted by Crippen LogP contribution is 2.23. The topological polar surface area (TPSA) is 67.7 Å². The van der Waals surface area contributed by atoms with Gasteiger partial charge in [-0.25, -0.2) is 9.78 Å². The van der Waals surface area contributed by atoms with E-state index in [0.29, 0.717) is 19.4 Å². The van der Waals surface area contributed by atoms with Crippen LogP contribution in [-0.4, -0.2) is 59.1 Å². The summed E-state index contributed by atoms with van der Waals surface area (Å²) in [4.78, 5) is 31.6. The lowest BCUT2D eigenvalue weighted by atomic mass is 10.1. The highest BCUT2D eigenvalue weighted by Gasteiger charge is 2.18. The van der Waals surface area contributed by atoms with Gasteiger partial charge in [-0.2, -0.15) is 0 Å². The molecule has 1 heterocycles. The molecule has 2 aromatic carbocycles. The van der Waals surface area contributed by atoms with Gasteiger partial charge in [0.1, 0.15) is 6.33 Å².